The van der Waals surface area contributed by atoms with Crippen molar-refractivity contribution in [2.75, 3.05) is 13.2 Å². The number of aryl methyl sites for hydroxylation is 3. The van der Waals surface area contributed by atoms with Crippen LogP contribution in [0.1, 0.15) is 56.0 Å². The Morgan fingerprint density at radius 2 is 2.00 bits per heavy atom. The molecule has 214 valence electrons. The maximum atomic E-state index is 11.4. The summed E-state index contributed by atoms with van der Waals surface area (Å²) in [6.07, 6.45) is 6.92. The molecule has 1 unspecified atom stereocenters. The van der Waals surface area contributed by atoms with Gasteiger partial charge in [-0.1, -0.05) is 30.1 Å². The number of ether oxygens (including phenoxy) is 2. The van der Waals surface area contributed by atoms with Crippen molar-refractivity contribution in [2.24, 2.45) is 5.92 Å². The van der Waals surface area contributed by atoms with Crippen molar-refractivity contribution in [2.45, 2.75) is 71.1 Å². The second-order valence-electron chi connectivity index (χ2n) is 10.1. The van der Waals surface area contributed by atoms with Crippen LogP contribution in [0.3, 0.4) is 0 Å². The Bertz CT molecular complexity index is 1290. The van der Waals surface area contributed by atoms with Crippen molar-refractivity contribution in [1.29, 1.82) is 0 Å². The number of carbonyl (C=O) groups excluding carboxylic acids is 1. The molecule has 2 aromatic heterocycles. The number of ketones is 1. The quantitative estimate of drug-likeness (QED) is 0.187. The molecule has 0 bridgehead atoms. The maximum absolute atomic E-state index is 11.4. The van der Waals surface area contributed by atoms with E-state index in [-0.39, 0.29) is 13.0 Å². The third-order valence-corrected chi connectivity index (χ3v) is 6.99. The molecule has 2 atom stereocenters. The minimum atomic E-state index is -1.49. The van der Waals surface area contributed by atoms with Gasteiger partial charge in [0.2, 0.25) is 5.88 Å². The van der Waals surface area contributed by atoms with E-state index in [2.05, 4.69) is 20.4 Å². The number of rotatable bonds is 15. The minimum absolute atomic E-state index is 0.183. The fraction of sp³-hybridized carbons (Fsp3) is 0.483. The van der Waals surface area contributed by atoms with Crippen LogP contribution in [0.15, 0.2) is 41.1 Å². The van der Waals surface area contributed by atoms with E-state index in [4.69, 9.17) is 19.1 Å². The third-order valence-electron chi connectivity index (χ3n) is 6.99. The second kappa shape index (κ2) is 14.0. The van der Waals surface area contributed by atoms with Crippen molar-refractivity contribution in [1.82, 2.24) is 20.4 Å². The largest absolute Gasteiger partial charge is 0.477 e. The first kappa shape index (κ1) is 29.2. The number of aliphatic carboxylic acids is 1. The van der Waals surface area contributed by atoms with Gasteiger partial charge in [-0.05, 0) is 68.4 Å². The Morgan fingerprint density at radius 3 is 2.75 bits per heavy atom. The number of pyridine rings is 1. The summed E-state index contributed by atoms with van der Waals surface area (Å²) in [7, 11) is 0. The molecule has 3 aromatic rings. The Labute approximate surface area is 232 Å². The van der Waals surface area contributed by atoms with Gasteiger partial charge in [-0.25, -0.2) is 9.78 Å². The number of nitrogens with zero attached hydrogens (tertiary/aromatic N) is 3. The van der Waals surface area contributed by atoms with Gasteiger partial charge in [0.1, 0.15) is 11.3 Å². The number of nitrogens with one attached hydrogen (secondary N) is 1. The summed E-state index contributed by atoms with van der Waals surface area (Å²) in [6, 6.07) is 8.54. The average molecular weight is 553 g/mol. The van der Waals surface area contributed by atoms with E-state index >= 15 is 0 Å². The van der Waals surface area contributed by atoms with Crippen LogP contribution in [-0.4, -0.2) is 62.6 Å². The fourth-order valence-electron chi connectivity index (χ4n) is 4.67. The van der Waals surface area contributed by atoms with Crippen LogP contribution >= 0.6 is 0 Å². The van der Waals surface area contributed by atoms with Crippen molar-refractivity contribution in [3.8, 4) is 23.1 Å². The first-order valence-corrected chi connectivity index (χ1v) is 13.7. The number of Topliss-reactive ketones (excluding diaryl/α,β-unsaturated/α-hetero) is 1. The van der Waals surface area contributed by atoms with Crippen molar-refractivity contribution >= 4 is 11.8 Å². The number of carboxylic acid groups (broad SMARTS) is 1. The highest BCUT2D eigenvalue weighted by Gasteiger charge is 2.21. The summed E-state index contributed by atoms with van der Waals surface area (Å²) in [6.45, 7) is 4.22. The van der Waals surface area contributed by atoms with Gasteiger partial charge in [-0.15, -0.1) is 0 Å². The molecule has 1 fully saturated rings. The maximum Gasteiger partial charge on any atom is 0.373 e. The summed E-state index contributed by atoms with van der Waals surface area (Å²) in [5.41, 5.74) is 2.59. The lowest BCUT2D eigenvalue weighted by Gasteiger charge is -2.17. The van der Waals surface area contributed by atoms with Crippen LogP contribution in [0.25, 0.3) is 11.5 Å². The van der Waals surface area contributed by atoms with Gasteiger partial charge >= 0.3 is 5.97 Å². The Balaban J connectivity index is 1.26. The lowest BCUT2D eigenvalue weighted by atomic mass is 10.1. The number of aliphatic hydroxyl groups excluding tert-OH is 1. The molecule has 1 saturated carbocycles. The first-order chi connectivity index (χ1) is 19.3. The molecular formula is C29H36N4O7. The lowest BCUT2D eigenvalue weighted by Crippen LogP contribution is -2.39. The molecule has 11 nitrogen and oxygen atoms in total. The van der Waals surface area contributed by atoms with E-state index in [0.717, 1.165) is 11.1 Å². The average Bonchev–Trinajstić information content (AvgIpc) is 3.64. The van der Waals surface area contributed by atoms with Crippen molar-refractivity contribution in [3.05, 3.63) is 53.5 Å². The molecule has 0 radical (unpaired) electrons. The number of hydrogen-bond donors (Lipinski definition) is 3. The first-order valence-electron chi connectivity index (χ1n) is 13.7. The number of carboxylic acids is 1. The zero-order chi connectivity index (χ0) is 28.5. The van der Waals surface area contributed by atoms with E-state index in [9.17, 15) is 14.7 Å². The van der Waals surface area contributed by atoms with Crippen molar-refractivity contribution < 1.29 is 33.8 Å². The smallest absolute Gasteiger partial charge is 0.373 e. The molecule has 11 heteroatoms. The van der Waals surface area contributed by atoms with E-state index < -0.39 is 24.1 Å². The van der Waals surface area contributed by atoms with Crippen molar-refractivity contribution in [3.63, 3.8) is 0 Å². The molecule has 1 aromatic carbocycles. The SMILES string of the molecule is Cc1cc(CCc2noc(-c3cccnc3OCC3CCCC3)n2)ccc1OC(O)CCN[C@@H](C)C(=O)C(=O)O. The van der Waals surface area contributed by atoms with Crippen LogP contribution in [0.4, 0.5) is 0 Å². The van der Waals surface area contributed by atoms with Gasteiger partial charge < -0.3 is 29.5 Å². The second-order valence-corrected chi connectivity index (χ2v) is 10.1. The standard InChI is InChI=1S/C29H36N4O7/c1-18-16-20(9-11-23(18)39-25(34)13-15-30-19(2)26(35)29(36)37)10-12-24-32-28(40-33-24)22-8-5-14-31-27(22)38-17-21-6-3-4-7-21/h5,8-9,11,14,16,19,21,25,30,34H,3-4,6-7,10,12-13,15,17H2,1-2H3,(H,36,37)/t19-,25?/m0/s1. The molecule has 2 heterocycles. The highest BCUT2D eigenvalue weighted by Crippen LogP contribution is 2.30. The van der Waals surface area contributed by atoms with Gasteiger partial charge in [0.25, 0.3) is 11.7 Å². The monoisotopic (exact) mass is 552 g/mol. The molecule has 4 rings (SSSR count). The van der Waals surface area contributed by atoms with Gasteiger partial charge in [0.15, 0.2) is 12.1 Å². The number of benzene rings is 1. The lowest BCUT2D eigenvalue weighted by molar-refractivity contribution is -0.149. The van der Waals surface area contributed by atoms with Gasteiger partial charge in [0.05, 0.1) is 12.6 Å². The van der Waals surface area contributed by atoms with Crippen LogP contribution in [0.5, 0.6) is 11.6 Å². The van der Waals surface area contributed by atoms with Crippen LogP contribution in [0.2, 0.25) is 0 Å². The zero-order valence-electron chi connectivity index (χ0n) is 22.8. The summed E-state index contributed by atoms with van der Waals surface area (Å²) < 4.78 is 17.2. The summed E-state index contributed by atoms with van der Waals surface area (Å²) in [5, 5.41) is 25.9. The number of carbonyl (C=O) groups is 2. The van der Waals surface area contributed by atoms with Crippen LogP contribution < -0.4 is 14.8 Å². The van der Waals surface area contributed by atoms with E-state index in [1.807, 2.05) is 31.2 Å². The third kappa shape index (κ3) is 8.09. The molecule has 0 aliphatic heterocycles. The Morgan fingerprint density at radius 1 is 1.20 bits per heavy atom. The van der Waals surface area contributed by atoms with Gasteiger partial charge in [-0.3, -0.25) is 4.79 Å². The van der Waals surface area contributed by atoms with E-state index in [0.29, 0.717) is 54.3 Å². The molecular weight excluding hydrogens is 516 g/mol. The van der Waals surface area contributed by atoms with Crippen LogP contribution in [-0.2, 0) is 22.4 Å². The van der Waals surface area contributed by atoms with E-state index in [1.54, 1.807) is 12.3 Å². The molecule has 1 aliphatic rings. The molecule has 0 spiro atoms. The highest BCUT2D eigenvalue weighted by molar-refractivity contribution is 6.34. The molecule has 40 heavy (non-hydrogen) atoms. The number of aromatic nitrogens is 3. The van der Waals surface area contributed by atoms with Crippen LogP contribution in [0, 0.1) is 12.8 Å². The summed E-state index contributed by atoms with van der Waals surface area (Å²) in [5.74, 6) is 0.164. The predicted octanol–water partition coefficient (Wildman–Crippen LogP) is 3.51. The summed E-state index contributed by atoms with van der Waals surface area (Å²) >= 11 is 0. The minimum Gasteiger partial charge on any atom is -0.477 e. The molecule has 1 aliphatic carbocycles. The fourth-order valence-corrected chi connectivity index (χ4v) is 4.67. The molecule has 0 saturated heterocycles. The topological polar surface area (TPSA) is 157 Å². The predicted molar refractivity (Wildman–Crippen MR) is 145 cm³/mol. The molecule has 3 N–H and O–H groups in total. The van der Waals surface area contributed by atoms with E-state index in [1.165, 1.54) is 32.6 Å². The number of hydrogen-bond acceptors (Lipinski definition) is 10. The Hall–Kier alpha value is -3.83. The summed E-state index contributed by atoms with van der Waals surface area (Å²) in [4.78, 5) is 31.1. The highest BCUT2D eigenvalue weighted by atomic mass is 16.6. The zero-order valence-corrected chi connectivity index (χ0v) is 22.8. The van der Waals surface area contributed by atoms with Gasteiger partial charge in [0, 0.05) is 25.6 Å². The normalized spacial score (nSPS) is 15.1. The Kier molecular flexibility index (Phi) is 10.2. The van der Waals surface area contributed by atoms with Gasteiger partial charge in [-0.2, -0.15) is 4.98 Å². The number of aliphatic hydroxyl groups is 1. The molecule has 0 amide bonds.